The molecular formula is C14H18O. The van der Waals surface area contributed by atoms with E-state index in [4.69, 9.17) is 11.2 Å². The van der Waals surface area contributed by atoms with Crippen molar-refractivity contribution in [2.24, 2.45) is 0 Å². The van der Waals surface area contributed by atoms with Crippen LogP contribution in [0.15, 0.2) is 18.2 Å². The molecule has 15 heavy (non-hydrogen) atoms. The lowest BCUT2D eigenvalue weighted by Gasteiger charge is -2.15. The lowest BCUT2D eigenvalue weighted by atomic mass is 9.95. The van der Waals surface area contributed by atoms with Gasteiger partial charge in [-0.15, -0.1) is 12.3 Å². The highest BCUT2D eigenvalue weighted by molar-refractivity contribution is 5.39. The summed E-state index contributed by atoms with van der Waals surface area (Å²) >= 11 is 0. The van der Waals surface area contributed by atoms with Crippen molar-refractivity contribution in [3.63, 3.8) is 0 Å². The smallest absolute Gasteiger partial charge is 0.122 e. The van der Waals surface area contributed by atoms with Crippen molar-refractivity contribution >= 4 is 0 Å². The molecule has 1 aromatic rings. The third kappa shape index (κ3) is 3.02. The van der Waals surface area contributed by atoms with Gasteiger partial charge in [0.1, 0.15) is 5.75 Å². The number of rotatable bonds is 4. The topological polar surface area (TPSA) is 9.23 Å². The average molecular weight is 202 g/mol. The molecule has 1 nitrogen and oxygen atoms in total. The summed E-state index contributed by atoms with van der Waals surface area (Å²) in [5.74, 6) is 4.02. The van der Waals surface area contributed by atoms with E-state index in [9.17, 15) is 0 Å². The minimum Gasteiger partial charge on any atom is -0.494 e. The molecule has 0 spiro atoms. The van der Waals surface area contributed by atoms with Crippen molar-refractivity contribution in [1.29, 1.82) is 0 Å². The molecule has 1 aromatic carbocycles. The summed E-state index contributed by atoms with van der Waals surface area (Å²) in [6.07, 6.45) is 6.09. The zero-order valence-corrected chi connectivity index (χ0v) is 9.71. The summed E-state index contributed by atoms with van der Waals surface area (Å²) in [5.41, 5.74) is 2.46. The molecule has 1 rings (SSSR count). The monoisotopic (exact) mass is 202 g/mol. The van der Waals surface area contributed by atoms with E-state index in [-0.39, 0.29) is 0 Å². The molecule has 0 saturated heterocycles. The van der Waals surface area contributed by atoms with Gasteiger partial charge in [-0.1, -0.05) is 24.6 Å². The Morgan fingerprint density at radius 3 is 2.80 bits per heavy atom. The number of hydrogen-bond acceptors (Lipinski definition) is 1. The predicted octanol–water partition coefficient (Wildman–Crippen LogP) is 3.52. The Bertz CT molecular complexity index is 360. The maximum atomic E-state index is 5.59. The fourth-order valence-corrected chi connectivity index (χ4v) is 1.63. The Hall–Kier alpha value is -1.42. The van der Waals surface area contributed by atoms with Crippen LogP contribution in [-0.4, -0.2) is 6.61 Å². The van der Waals surface area contributed by atoms with E-state index < -0.39 is 0 Å². The van der Waals surface area contributed by atoms with E-state index in [2.05, 4.69) is 31.9 Å². The van der Waals surface area contributed by atoms with Gasteiger partial charge in [0.25, 0.3) is 0 Å². The number of terminal acetylenes is 1. The van der Waals surface area contributed by atoms with Crippen molar-refractivity contribution in [2.45, 2.75) is 33.1 Å². The molecule has 0 aliphatic carbocycles. The van der Waals surface area contributed by atoms with Crippen molar-refractivity contribution in [1.82, 2.24) is 0 Å². The normalized spacial score (nSPS) is 11.9. The summed E-state index contributed by atoms with van der Waals surface area (Å²) in [5, 5.41) is 0. The van der Waals surface area contributed by atoms with Crippen molar-refractivity contribution in [2.75, 3.05) is 6.61 Å². The second-order valence-corrected chi connectivity index (χ2v) is 3.78. The summed E-state index contributed by atoms with van der Waals surface area (Å²) in [6.45, 7) is 6.91. The molecule has 1 heteroatoms. The van der Waals surface area contributed by atoms with Crippen LogP contribution >= 0.6 is 0 Å². The van der Waals surface area contributed by atoms with Crippen molar-refractivity contribution in [3.8, 4) is 18.1 Å². The minimum atomic E-state index is 0.358. The molecular weight excluding hydrogens is 184 g/mol. The largest absolute Gasteiger partial charge is 0.494 e. The van der Waals surface area contributed by atoms with Crippen LogP contribution in [0.1, 0.15) is 37.3 Å². The zero-order chi connectivity index (χ0) is 11.3. The van der Waals surface area contributed by atoms with Crippen LogP contribution in [0.4, 0.5) is 0 Å². The first-order valence-electron chi connectivity index (χ1n) is 5.35. The van der Waals surface area contributed by atoms with Crippen LogP contribution in [0.2, 0.25) is 0 Å². The lowest BCUT2D eigenvalue weighted by Crippen LogP contribution is -2.00. The second-order valence-electron chi connectivity index (χ2n) is 3.78. The van der Waals surface area contributed by atoms with Gasteiger partial charge in [0.15, 0.2) is 0 Å². The number of aryl methyl sites for hydroxylation is 1. The first-order chi connectivity index (χ1) is 7.19. The fourth-order valence-electron chi connectivity index (χ4n) is 1.63. The maximum absolute atomic E-state index is 5.59. The third-order valence-corrected chi connectivity index (χ3v) is 2.42. The highest BCUT2D eigenvalue weighted by Gasteiger charge is 2.10. The van der Waals surface area contributed by atoms with Gasteiger partial charge in [-0.05, 0) is 31.4 Å². The van der Waals surface area contributed by atoms with Gasteiger partial charge >= 0.3 is 0 Å². The Balaban J connectivity index is 3.01. The van der Waals surface area contributed by atoms with Crippen LogP contribution in [0.25, 0.3) is 0 Å². The van der Waals surface area contributed by atoms with E-state index in [1.165, 1.54) is 11.1 Å². The Kier molecular flexibility index (Phi) is 4.24. The Labute approximate surface area is 92.5 Å². The van der Waals surface area contributed by atoms with E-state index in [0.29, 0.717) is 12.5 Å². The molecule has 0 bridgehead atoms. The summed E-state index contributed by atoms with van der Waals surface area (Å²) in [6, 6.07) is 6.26. The number of ether oxygens (including phenoxy) is 1. The highest BCUT2D eigenvalue weighted by Crippen LogP contribution is 2.29. The summed E-state index contributed by atoms with van der Waals surface area (Å²) in [7, 11) is 0. The minimum absolute atomic E-state index is 0.358. The van der Waals surface area contributed by atoms with E-state index in [1.54, 1.807) is 0 Å². The van der Waals surface area contributed by atoms with Gasteiger partial charge in [0.2, 0.25) is 0 Å². The van der Waals surface area contributed by atoms with Gasteiger partial charge in [-0.2, -0.15) is 0 Å². The Morgan fingerprint density at radius 2 is 2.20 bits per heavy atom. The van der Waals surface area contributed by atoms with Crippen LogP contribution in [0, 0.1) is 19.3 Å². The standard InChI is InChI=1S/C14H18O/c1-5-7-12(4)13-10-11(3)8-9-14(13)15-6-2/h1,8-10,12H,6-7H2,2-4H3. The van der Waals surface area contributed by atoms with Crippen LogP contribution in [0.5, 0.6) is 5.75 Å². The molecule has 0 heterocycles. The third-order valence-electron chi connectivity index (χ3n) is 2.42. The number of hydrogen-bond donors (Lipinski definition) is 0. The van der Waals surface area contributed by atoms with E-state index >= 15 is 0 Å². The molecule has 0 aliphatic heterocycles. The fraction of sp³-hybridized carbons (Fsp3) is 0.429. The predicted molar refractivity (Wildman–Crippen MR) is 64.2 cm³/mol. The summed E-state index contributed by atoms with van der Waals surface area (Å²) < 4.78 is 5.59. The second kappa shape index (κ2) is 5.46. The number of benzene rings is 1. The first kappa shape index (κ1) is 11.7. The first-order valence-corrected chi connectivity index (χ1v) is 5.35. The summed E-state index contributed by atoms with van der Waals surface area (Å²) in [4.78, 5) is 0. The average Bonchev–Trinajstić information content (AvgIpc) is 2.21. The van der Waals surface area contributed by atoms with Gasteiger partial charge in [0.05, 0.1) is 6.61 Å². The van der Waals surface area contributed by atoms with Gasteiger partial charge in [0, 0.05) is 6.42 Å². The van der Waals surface area contributed by atoms with Crippen LogP contribution in [-0.2, 0) is 0 Å². The quantitative estimate of drug-likeness (QED) is 0.679. The van der Waals surface area contributed by atoms with Crippen molar-refractivity contribution in [3.05, 3.63) is 29.3 Å². The molecule has 0 amide bonds. The lowest BCUT2D eigenvalue weighted by molar-refractivity contribution is 0.334. The van der Waals surface area contributed by atoms with E-state index in [1.807, 2.05) is 13.0 Å². The van der Waals surface area contributed by atoms with E-state index in [0.717, 1.165) is 12.2 Å². The molecule has 0 saturated carbocycles. The maximum Gasteiger partial charge on any atom is 0.122 e. The molecule has 1 atom stereocenters. The van der Waals surface area contributed by atoms with Crippen LogP contribution < -0.4 is 4.74 Å². The molecule has 0 aromatic heterocycles. The molecule has 0 aliphatic rings. The SMILES string of the molecule is C#CCC(C)c1cc(C)ccc1OCC. The molecule has 0 N–H and O–H groups in total. The highest BCUT2D eigenvalue weighted by atomic mass is 16.5. The molecule has 80 valence electrons. The van der Waals surface area contributed by atoms with Gasteiger partial charge in [-0.25, -0.2) is 0 Å². The molecule has 0 fully saturated rings. The van der Waals surface area contributed by atoms with Gasteiger partial charge in [-0.3, -0.25) is 0 Å². The van der Waals surface area contributed by atoms with Crippen molar-refractivity contribution < 1.29 is 4.74 Å². The zero-order valence-electron chi connectivity index (χ0n) is 9.71. The Morgan fingerprint density at radius 1 is 1.47 bits per heavy atom. The molecule has 1 unspecified atom stereocenters. The van der Waals surface area contributed by atoms with Gasteiger partial charge < -0.3 is 4.74 Å². The molecule has 0 radical (unpaired) electrons. The van der Waals surface area contributed by atoms with Crippen LogP contribution in [0.3, 0.4) is 0 Å².